The lowest BCUT2D eigenvalue weighted by Crippen LogP contribution is -2.38. The van der Waals surface area contributed by atoms with Gasteiger partial charge in [-0.3, -0.25) is 0 Å². The Morgan fingerprint density at radius 1 is 1.14 bits per heavy atom. The van der Waals surface area contributed by atoms with Crippen LogP contribution in [0.25, 0.3) is 0 Å². The van der Waals surface area contributed by atoms with E-state index in [0.717, 1.165) is 13.1 Å². The summed E-state index contributed by atoms with van der Waals surface area (Å²) in [5, 5.41) is 0.625. The van der Waals surface area contributed by atoms with Crippen LogP contribution < -0.4 is 5.73 Å². The smallest absolute Gasteiger partial charge is 0.0205 e. The van der Waals surface area contributed by atoms with E-state index in [2.05, 4.69) is 60.8 Å². The third kappa shape index (κ3) is 5.01. The standard InChI is InChI=1S/C18H30N2S/c1-3-20(4-2)12-13-21-18-14-16(10-11-17(18)19)15-8-6-5-7-9-15/h5-9,16-18H,3-4,10-14,19H2,1-2H3. The molecule has 2 N–H and O–H groups in total. The van der Waals surface area contributed by atoms with Gasteiger partial charge in [-0.2, -0.15) is 11.8 Å². The summed E-state index contributed by atoms with van der Waals surface area (Å²) in [7, 11) is 0. The molecule has 0 bridgehead atoms. The number of hydrogen-bond donors (Lipinski definition) is 1. The monoisotopic (exact) mass is 306 g/mol. The van der Waals surface area contributed by atoms with E-state index < -0.39 is 0 Å². The summed E-state index contributed by atoms with van der Waals surface area (Å²) in [6.07, 6.45) is 3.66. The van der Waals surface area contributed by atoms with Gasteiger partial charge < -0.3 is 10.6 Å². The molecule has 1 aliphatic carbocycles. The number of thioether (sulfide) groups is 1. The quantitative estimate of drug-likeness (QED) is 0.832. The van der Waals surface area contributed by atoms with Crippen LogP contribution in [-0.2, 0) is 0 Å². The van der Waals surface area contributed by atoms with Crippen molar-refractivity contribution < 1.29 is 0 Å². The lowest BCUT2D eigenvalue weighted by molar-refractivity contribution is 0.323. The Morgan fingerprint density at radius 2 is 1.86 bits per heavy atom. The van der Waals surface area contributed by atoms with E-state index in [-0.39, 0.29) is 0 Å². The Labute approximate surface area is 134 Å². The molecular formula is C18H30N2S. The van der Waals surface area contributed by atoms with Crippen molar-refractivity contribution in [2.45, 2.75) is 50.3 Å². The number of nitrogens with two attached hydrogens (primary N) is 1. The van der Waals surface area contributed by atoms with Crippen LogP contribution in [0.4, 0.5) is 0 Å². The van der Waals surface area contributed by atoms with Gasteiger partial charge in [-0.25, -0.2) is 0 Å². The van der Waals surface area contributed by atoms with Gasteiger partial charge in [-0.15, -0.1) is 0 Å². The molecule has 118 valence electrons. The highest BCUT2D eigenvalue weighted by Crippen LogP contribution is 2.37. The van der Waals surface area contributed by atoms with Gasteiger partial charge in [0.2, 0.25) is 0 Å². The SMILES string of the molecule is CCN(CC)CCSC1CC(c2ccccc2)CCC1N. The molecule has 0 aliphatic heterocycles. The number of rotatable bonds is 7. The molecule has 0 heterocycles. The Kier molecular flexibility index (Phi) is 7.08. The molecular weight excluding hydrogens is 276 g/mol. The predicted octanol–water partition coefficient (Wildman–Crippen LogP) is 3.73. The van der Waals surface area contributed by atoms with Crippen LogP contribution in [0.2, 0.25) is 0 Å². The van der Waals surface area contributed by atoms with E-state index in [1.807, 2.05) is 0 Å². The zero-order valence-electron chi connectivity index (χ0n) is 13.5. The molecule has 3 atom stereocenters. The maximum atomic E-state index is 6.37. The molecule has 1 fully saturated rings. The largest absolute Gasteiger partial charge is 0.327 e. The lowest BCUT2D eigenvalue weighted by Gasteiger charge is -2.34. The van der Waals surface area contributed by atoms with Gasteiger partial charge in [-0.05, 0) is 43.8 Å². The first-order chi connectivity index (χ1) is 10.2. The summed E-state index contributed by atoms with van der Waals surface area (Å²) in [6, 6.07) is 11.4. The van der Waals surface area contributed by atoms with E-state index in [4.69, 9.17) is 5.73 Å². The fourth-order valence-corrected chi connectivity index (χ4v) is 4.66. The number of hydrogen-bond acceptors (Lipinski definition) is 3. The van der Waals surface area contributed by atoms with Crippen molar-refractivity contribution in [1.29, 1.82) is 0 Å². The van der Waals surface area contributed by atoms with Crippen molar-refractivity contribution in [3.05, 3.63) is 35.9 Å². The minimum atomic E-state index is 0.381. The first-order valence-electron chi connectivity index (χ1n) is 8.39. The van der Waals surface area contributed by atoms with E-state index in [1.165, 1.54) is 37.1 Å². The van der Waals surface area contributed by atoms with E-state index >= 15 is 0 Å². The topological polar surface area (TPSA) is 29.3 Å². The minimum Gasteiger partial charge on any atom is -0.327 e. The van der Waals surface area contributed by atoms with Crippen LogP contribution in [-0.4, -0.2) is 41.6 Å². The van der Waals surface area contributed by atoms with E-state index in [9.17, 15) is 0 Å². The van der Waals surface area contributed by atoms with Gasteiger partial charge in [0.1, 0.15) is 0 Å². The van der Waals surface area contributed by atoms with Crippen LogP contribution in [0.15, 0.2) is 30.3 Å². The second kappa shape index (κ2) is 8.82. The fraction of sp³-hybridized carbons (Fsp3) is 0.667. The molecule has 1 aromatic carbocycles. The van der Waals surface area contributed by atoms with E-state index in [1.54, 1.807) is 0 Å². The summed E-state index contributed by atoms with van der Waals surface area (Å²) in [6.45, 7) is 7.98. The van der Waals surface area contributed by atoms with Gasteiger partial charge in [0.15, 0.2) is 0 Å². The summed E-state index contributed by atoms with van der Waals surface area (Å²) in [5.41, 5.74) is 7.87. The van der Waals surface area contributed by atoms with Crippen LogP contribution in [0.3, 0.4) is 0 Å². The first kappa shape index (κ1) is 16.9. The second-order valence-electron chi connectivity index (χ2n) is 6.02. The molecule has 1 aromatic rings. The van der Waals surface area contributed by atoms with Crippen LogP contribution in [0.5, 0.6) is 0 Å². The van der Waals surface area contributed by atoms with Crippen molar-refractivity contribution in [3.63, 3.8) is 0 Å². The number of benzene rings is 1. The molecule has 0 spiro atoms. The maximum Gasteiger partial charge on any atom is 0.0205 e. The van der Waals surface area contributed by atoms with Crippen molar-refractivity contribution in [2.24, 2.45) is 5.73 Å². The molecule has 0 aromatic heterocycles. The Balaban J connectivity index is 1.84. The maximum absolute atomic E-state index is 6.37. The molecule has 3 heteroatoms. The molecule has 1 saturated carbocycles. The first-order valence-corrected chi connectivity index (χ1v) is 9.44. The summed E-state index contributed by atoms with van der Waals surface area (Å²) in [5.74, 6) is 1.92. The normalized spacial score (nSPS) is 26.2. The molecule has 1 aliphatic rings. The third-order valence-corrected chi connectivity index (χ3v) is 6.14. The zero-order chi connectivity index (χ0) is 15.1. The van der Waals surface area contributed by atoms with Crippen molar-refractivity contribution in [3.8, 4) is 0 Å². The Hall–Kier alpha value is -0.510. The van der Waals surface area contributed by atoms with Gasteiger partial charge in [0, 0.05) is 23.6 Å². The van der Waals surface area contributed by atoms with Crippen molar-refractivity contribution in [2.75, 3.05) is 25.4 Å². The zero-order valence-corrected chi connectivity index (χ0v) is 14.3. The highest BCUT2D eigenvalue weighted by Gasteiger charge is 2.29. The average molecular weight is 307 g/mol. The van der Waals surface area contributed by atoms with Gasteiger partial charge >= 0.3 is 0 Å². The molecule has 2 rings (SSSR count). The summed E-state index contributed by atoms with van der Waals surface area (Å²) >= 11 is 2.10. The van der Waals surface area contributed by atoms with Gasteiger partial charge in [0.25, 0.3) is 0 Å². The van der Waals surface area contributed by atoms with Crippen LogP contribution >= 0.6 is 11.8 Å². The molecule has 0 radical (unpaired) electrons. The highest BCUT2D eigenvalue weighted by molar-refractivity contribution is 8.00. The highest BCUT2D eigenvalue weighted by atomic mass is 32.2. The summed E-state index contributed by atoms with van der Waals surface area (Å²) < 4.78 is 0. The molecule has 3 unspecified atom stereocenters. The minimum absolute atomic E-state index is 0.381. The van der Waals surface area contributed by atoms with Crippen LogP contribution in [0.1, 0.15) is 44.6 Å². The number of nitrogens with zero attached hydrogens (tertiary/aromatic N) is 1. The fourth-order valence-electron chi connectivity index (χ4n) is 3.25. The Morgan fingerprint density at radius 3 is 2.52 bits per heavy atom. The average Bonchev–Trinajstić information content (AvgIpc) is 2.54. The molecule has 0 amide bonds. The predicted molar refractivity (Wildman–Crippen MR) is 95.0 cm³/mol. The molecule has 2 nitrogen and oxygen atoms in total. The van der Waals surface area contributed by atoms with Gasteiger partial charge in [-0.1, -0.05) is 44.2 Å². The van der Waals surface area contributed by atoms with Crippen LogP contribution in [0, 0.1) is 0 Å². The summed E-state index contributed by atoms with van der Waals surface area (Å²) in [4.78, 5) is 2.50. The van der Waals surface area contributed by atoms with E-state index in [0.29, 0.717) is 17.2 Å². The lowest BCUT2D eigenvalue weighted by atomic mass is 9.82. The molecule has 21 heavy (non-hydrogen) atoms. The molecule has 0 saturated heterocycles. The van der Waals surface area contributed by atoms with Crippen molar-refractivity contribution >= 4 is 11.8 Å². The Bertz CT molecular complexity index is 391. The second-order valence-corrected chi connectivity index (χ2v) is 7.37. The third-order valence-electron chi connectivity index (χ3n) is 4.75. The van der Waals surface area contributed by atoms with Gasteiger partial charge in [0.05, 0.1) is 0 Å². The van der Waals surface area contributed by atoms with Crippen molar-refractivity contribution in [1.82, 2.24) is 4.90 Å².